The summed E-state index contributed by atoms with van der Waals surface area (Å²) < 4.78 is 36.5. The zero-order chi connectivity index (χ0) is 18.9. The Morgan fingerprint density at radius 3 is 2.12 bits per heavy atom. The second-order valence-corrected chi connectivity index (χ2v) is 8.91. The molecular weight excluding hydrogens is 373 g/mol. The average molecular weight is 389 g/mol. The molecule has 1 N–H and O–H groups in total. The highest BCUT2D eigenvalue weighted by Crippen LogP contribution is 2.42. The number of carbonyl (C=O) groups excluding carboxylic acids is 1. The minimum absolute atomic E-state index is 0.184. The minimum atomic E-state index is -3.28. The third-order valence-electron chi connectivity index (χ3n) is 3.73. The van der Waals surface area contributed by atoms with Crippen molar-refractivity contribution in [3.8, 4) is 21.6 Å². The third-order valence-corrected chi connectivity index (χ3v) is 5.96. The Hall–Kier alpha value is -2.51. The van der Waals surface area contributed by atoms with Crippen LogP contribution in [0.3, 0.4) is 0 Å². The topological polar surface area (TPSA) is 63.2 Å². The van der Waals surface area contributed by atoms with Crippen molar-refractivity contribution in [3.63, 3.8) is 0 Å². The van der Waals surface area contributed by atoms with E-state index in [1.54, 1.807) is 36.4 Å². The van der Waals surface area contributed by atoms with E-state index in [1.807, 2.05) is 6.07 Å². The first-order valence-corrected chi connectivity index (χ1v) is 10.4. The maximum absolute atomic E-state index is 13.2. The summed E-state index contributed by atoms with van der Waals surface area (Å²) in [7, 11) is -3.28. The van der Waals surface area contributed by atoms with Gasteiger partial charge in [-0.25, -0.2) is 12.8 Å². The van der Waals surface area contributed by atoms with Crippen LogP contribution in [0, 0.1) is 5.82 Å². The fourth-order valence-corrected chi connectivity index (χ4v) is 4.30. The predicted octanol–water partition coefficient (Wildman–Crippen LogP) is 4.58. The second kappa shape index (κ2) is 7.01. The Kier molecular flexibility index (Phi) is 4.93. The summed E-state index contributed by atoms with van der Waals surface area (Å²) in [6.07, 6.45) is 1.16. The molecule has 0 fully saturated rings. The Morgan fingerprint density at radius 1 is 1.00 bits per heavy atom. The van der Waals surface area contributed by atoms with Crippen molar-refractivity contribution < 1.29 is 17.6 Å². The molecule has 0 aliphatic carbocycles. The summed E-state index contributed by atoms with van der Waals surface area (Å²) in [6.45, 7) is 1.43. The largest absolute Gasteiger partial charge is 0.318 e. The lowest BCUT2D eigenvalue weighted by atomic mass is 10.0. The van der Waals surface area contributed by atoms with Crippen LogP contribution in [0.5, 0.6) is 0 Å². The molecule has 0 radical (unpaired) electrons. The molecule has 7 heteroatoms. The van der Waals surface area contributed by atoms with Crippen molar-refractivity contribution in [1.29, 1.82) is 0 Å². The number of amides is 1. The first-order chi connectivity index (χ1) is 12.2. The molecule has 3 rings (SSSR count). The van der Waals surface area contributed by atoms with Gasteiger partial charge >= 0.3 is 0 Å². The van der Waals surface area contributed by atoms with E-state index in [9.17, 15) is 17.6 Å². The van der Waals surface area contributed by atoms with Crippen LogP contribution in [0.2, 0.25) is 0 Å². The number of carbonyl (C=O) groups is 1. The first-order valence-electron chi connectivity index (χ1n) is 7.72. The summed E-state index contributed by atoms with van der Waals surface area (Å²) in [5, 5.41) is 3.43. The van der Waals surface area contributed by atoms with E-state index in [2.05, 4.69) is 5.32 Å². The predicted molar refractivity (Wildman–Crippen MR) is 103 cm³/mol. The van der Waals surface area contributed by atoms with Crippen LogP contribution in [0.15, 0.2) is 59.5 Å². The van der Waals surface area contributed by atoms with Gasteiger partial charge in [0, 0.05) is 23.6 Å². The van der Waals surface area contributed by atoms with E-state index in [-0.39, 0.29) is 16.6 Å². The zero-order valence-electron chi connectivity index (χ0n) is 14.1. The average Bonchev–Trinajstić information content (AvgIpc) is 2.98. The fraction of sp³-hybridized carbons (Fsp3) is 0.105. The number of halogens is 1. The van der Waals surface area contributed by atoms with Gasteiger partial charge in [0.2, 0.25) is 5.91 Å². The SMILES string of the molecule is CC(=O)Nc1cc(-c2ccc(S(C)(=O)=O)cc2)c(-c2ccc(F)cc2)s1. The highest BCUT2D eigenvalue weighted by atomic mass is 32.2. The van der Waals surface area contributed by atoms with Gasteiger partial charge in [0.1, 0.15) is 5.82 Å². The van der Waals surface area contributed by atoms with Crippen LogP contribution in [0.1, 0.15) is 6.92 Å². The van der Waals surface area contributed by atoms with Crippen molar-refractivity contribution in [3.05, 3.63) is 60.4 Å². The highest BCUT2D eigenvalue weighted by molar-refractivity contribution is 7.90. The molecule has 0 atom stereocenters. The minimum Gasteiger partial charge on any atom is -0.318 e. The lowest BCUT2D eigenvalue weighted by Gasteiger charge is -2.05. The smallest absolute Gasteiger partial charge is 0.221 e. The van der Waals surface area contributed by atoms with Crippen molar-refractivity contribution in [1.82, 2.24) is 0 Å². The number of nitrogens with one attached hydrogen (secondary N) is 1. The Balaban J connectivity index is 2.11. The maximum atomic E-state index is 13.2. The van der Waals surface area contributed by atoms with Crippen LogP contribution < -0.4 is 5.32 Å². The summed E-state index contributed by atoms with van der Waals surface area (Å²) >= 11 is 1.38. The molecule has 0 bridgehead atoms. The molecule has 134 valence electrons. The number of hydrogen-bond acceptors (Lipinski definition) is 4. The molecule has 2 aromatic carbocycles. The number of rotatable bonds is 4. The van der Waals surface area contributed by atoms with E-state index in [0.717, 1.165) is 27.8 Å². The molecule has 0 unspecified atom stereocenters. The van der Waals surface area contributed by atoms with Gasteiger partial charge in [-0.1, -0.05) is 24.3 Å². The van der Waals surface area contributed by atoms with Crippen molar-refractivity contribution in [2.45, 2.75) is 11.8 Å². The summed E-state index contributed by atoms with van der Waals surface area (Å²) in [6, 6.07) is 14.5. The van der Waals surface area contributed by atoms with Crippen LogP contribution in [0.4, 0.5) is 9.39 Å². The van der Waals surface area contributed by atoms with Gasteiger partial charge in [0.25, 0.3) is 0 Å². The molecule has 0 aliphatic rings. The molecule has 4 nitrogen and oxygen atoms in total. The Labute approximate surface area is 155 Å². The molecular formula is C19H16FNO3S2. The maximum Gasteiger partial charge on any atom is 0.221 e. The van der Waals surface area contributed by atoms with E-state index < -0.39 is 9.84 Å². The van der Waals surface area contributed by atoms with Gasteiger partial charge in [-0.05, 0) is 41.5 Å². The normalized spacial score (nSPS) is 11.3. The van der Waals surface area contributed by atoms with Gasteiger partial charge in [0.15, 0.2) is 9.84 Å². The summed E-state index contributed by atoms with van der Waals surface area (Å²) in [5.41, 5.74) is 2.46. The van der Waals surface area contributed by atoms with Crippen LogP contribution in [0.25, 0.3) is 21.6 Å². The monoisotopic (exact) mass is 389 g/mol. The van der Waals surface area contributed by atoms with Crippen molar-refractivity contribution >= 4 is 32.1 Å². The Morgan fingerprint density at radius 2 is 1.58 bits per heavy atom. The van der Waals surface area contributed by atoms with Crippen molar-refractivity contribution in [2.75, 3.05) is 11.6 Å². The molecule has 1 amide bonds. The number of sulfone groups is 1. The van der Waals surface area contributed by atoms with Gasteiger partial charge in [-0.2, -0.15) is 0 Å². The quantitative estimate of drug-likeness (QED) is 0.710. The van der Waals surface area contributed by atoms with Gasteiger partial charge in [-0.15, -0.1) is 11.3 Å². The van der Waals surface area contributed by atoms with E-state index >= 15 is 0 Å². The zero-order valence-corrected chi connectivity index (χ0v) is 15.7. The highest BCUT2D eigenvalue weighted by Gasteiger charge is 2.15. The Bertz CT molecular complexity index is 1050. The van der Waals surface area contributed by atoms with Crippen LogP contribution >= 0.6 is 11.3 Å². The third kappa shape index (κ3) is 4.00. The second-order valence-electron chi connectivity index (χ2n) is 5.84. The molecule has 0 saturated carbocycles. The molecule has 1 heterocycles. The van der Waals surface area contributed by atoms with Crippen molar-refractivity contribution in [2.24, 2.45) is 0 Å². The number of thiophene rings is 1. The van der Waals surface area contributed by atoms with Gasteiger partial charge in [-0.3, -0.25) is 4.79 Å². The lowest BCUT2D eigenvalue weighted by molar-refractivity contribution is -0.114. The molecule has 3 aromatic rings. The van der Waals surface area contributed by atoms with Gasteiger partial charge < -0.3 is 5.32 Å². The molecule has 1 aromatic heterocycles. The summed E-state index contributed by atoms with van der Waals surface area (Å²) in [5.74, 6) is -0.512. The van der Waals surface area contributed by atoms with E-state index in [0.29, 0.717) is 5.00 Å². The number of anilines is 1. The molecule has 0 spiro atoms. The lowest BCUT2D eigenvalue weighted by Crippen LogP contribution is -2.03. The van der Waals surface area contributed by atoms with E-state index in [4.69, 9.17) is 0 Å². The van der Waals surface area contributed by atoms with Crippen LogP contribution in [-0.2, 0) is 14.6 Å². The number of benzene rings is 2. The fourth-order valence-electron chi connectivity index (χ4n) is 2.54. The van der Waals surface area contributed by atoms with E-state index in [1.165, 1.54) is 30.4 Å². The number of hydrogen-bond donors (Lipinski definition) is 1. The van der Waals surface area contributed by atoms with Crippen LogP contribution in [-0.4, -0.2) is 20.6 Å². The van der Waals surface area contributed by atoms with Gasteiger partial charge in [0.05, 0.1) is 9.90 Å². The summed E-state index contributed by atoms with van der Waals surface area (Å²) in [4.78, 5) is 12.5. The molecule has 26 heavy (non-hydrogen) atoms. The first kappa shape index (κ1) is 18.3. The standard InChI is InChI=1S/C19H16FNO3S2/c1-12(22)21-18-11-17(13-5-9-16(10-6-13)26(2,23)24)19(25-18)14-3-7-15(20)8-4-14/h3-11H,1-2H3,(H,21,22). The molecule has 0 aliphatic heterocycles. The molecule has 0 saturated heterocycles.